The molecule has 1 aromatic heterocycles. The Morgan fingerprint density at radius 3 is 2.61 bits per heavy atom. The summed E-state index contributed by atoms with van der Waals surface area (Å²) in [4.78, 5) is 14.2. The van der Waals surface area contributed by atoms with Gasteiger partial charge in [0.05, 0.1) is 11.1 Å². The molecule has 1 aromatic carbocycles. The van der Waals surface area contributed by atoms with Gasteiger partial charge in [-0.2, -0.15) is 0 Å². The number of aromatic nitrogens is 1. The molecule has 5 nitrogen and oxygen atoms in total. The first-order valence-electron chi connectivity index (χ1n) is 7.32. The Morgan fingerprint density at radius 2 is 2.00 bits per heavy atom. The molecule has 1 fully saturated rings. The molecule has 1 heterocycles. The molecule has 1 aliphatic rings. The number of carbonyl (C=O) groups excluding carboxylic acids is 1. The van der Waals surface area contributed by atoms with Gasteiger partial charge in [-0.3, -0.25) is 4.79 Å². The van der Waals surface area contributed by atoms with Crippen LogP contribution in [0.15, 0.2) is 30.5 Å². The maximum Gasteiger partial charge on any atom is 0.244 e. The van der Waals surface area contributed by atoms with E-state index in [0.717, 1.165) is 37.1 Å². The third kappa shape index (κ3) is 4.38. The summed E-state index contributed by atoms with van der Waals surface area (Å²) in [7, 11) is 4.13. The minimum Gasteiger partial charge on any atom is -0.346 e. The van der Waals surface area contributed by atoms with E-state index in [1.807, 2.05) is 18.2 Å². The monoisotopic (exact) mass is 358 g/mol. The van der Waals surface area contributed by atoms with Gasteiger partial charge >= 0.3 is 0 Å². The standard InChI is InChI=1S/C16H22N4O.2ClH/c1-19(2)9-10-20-8-5-12-3-4-13(11-14(12)20)18-15(21)16(17)6-7-16;;/h3-5,8,11H,6-7,9-10,17H2,1-2H3,(H,18,21);2*1H. The normalized spacial score (nSPS) is 15.0. The van der Waals surface area contributed by atoms with Crippen LogP contribution in [0.5, 0.6) is 0 Å². The molecule has 0 spiro atoms. The first-order chi connectivity index (χ1) is 9.98. The van der Waals surface area contributed by atoms with Gasteiger partial charge in [-0.25, -0.2) is 0 Å². The fourth-order valence-electron chi connectivity index (χ4n) is 2.38. The molecule has 0 aliphatic heterocycles. The predicted molar refractivity (Wildman–Crippen MR) is 99.8 cm³/mol. The summed E-state index contributed by atoms with van der Waals surface area (Å²) < 4.78 is 2.21. The van der Waals surface area contributed by atoms with Crippen molar-refractivity contribution in [3.8, 4) is 0 Å². The van der Waals surface area contributed by atoms with Gasteiger partial charge in [-0.1, -0.05) is 6.07 Å². The van der Waals surface area contributed by atoms with Crippen molar-refractivity contribution in [1.29, 1.82) is 0 Å². The molecule has 2 aromatic rings. The lowest BCUT2D eigenvalue weighted by Crippen LogP contribution is -2.37. The zero-order valence-corrected chi connectivity index (χ0v) is 15.0. The molecule has 3 N–H and O–H groups in total. The van der Waals surface area contributed by atoms with Crippen molar-refractivity contribution in [3.05, 3.63) is 30.5 Å². The summed E-state index contributed by atoms with van der Waals surface area (Å²) in [5, 5.41) is 4.11. The minimum absolute atomic E-state index is 0. The lowest BCUT2D eigenvalue weighted by atomic mass is 10.2. The summed E-state index contributed by atoms with van der Waals surface area (Å²) >= 11 is 0. The van der Waals surface area contributed by atoms with Crippen molar-refractivity contribution in [1.82, 2.24) is 9.47 Å². The summed E-state index contributed by atoms with van der Waals surface area (Å²) in [6.07, 6.45) is 3.64. The average molecular weight is 359 g/mol. The van der Waals surface area contributed by atoms with Crippen molar-refractivity contribution in [2.45, 2.75) is 24.9 Å². The number of nitrogens with one attached hydrogen (secondary N) is 1. The van der Waals surface area contributed by atoms with E-state index in [0.29, 0.717) is 0 Å². The smallest absolute Gasteiger partial charge is 0.244 e. The first kappa shape index (κ1) is 19.8. The van der Waals surface area contributed by atoms with Crippen LogP contribution in [0.3, 0.4) is 0 Å². The second kappa shape index (κ2) is 7.53. The van der Waals surface area contributed by atoms with Crippen LogP contribution in [0.4, 0.5) is 5.69 Å². The third-order valence-electron chi connectivity index (χ3n) is 4.06. The lowest BCUT2D eigenvalue weighted by molar-refractivity contribution is -0.118. The number of fused-ring (bicyclic) bond motifs is 1. The summed E-state index contributed by atoms with van der Waals surface area (Å²) in [5.74, 6) is -0.0757. The van der Waals surface area contributed by atoms with Crippen molar-refractivity contribution in [2.24, 2.45) is 5.73 Å². The van der Waals surface area contributed by atoms with Crippen LogP contribution in [0.1, 0.15) is 12.8 Å². The van der Waals surface area contributed by atoms with Crippen molar-refractivity contribution >= 4 is 47.3 Å². The second-order valence-corrected chi connectivity index (χ2v) is 6.20. The second-order valence-electron chi connectivity index (χ2n) is 6.20. The Kier molecular flexibility index (Phi) is 6.48. The number of halogens is 2. The van der Waals surface area contributed by atoms with Crippen molar-refractivity contribution < 1.29 is 4.79 Å². The molecule has 7 heteroatoms. The maximum atomic E-state index is 12.0. The van der Waals surface area contributed by atoms with E-state index in [-0.39, 0.29) is 30.7 Å². The fraction of sp³-hybridized carbons (Fsp3) is 0.438. The molecule has 1 aliphatic carbocycles. The van der Waals surface area contributed by atoms with Gasteiger partial charge in [0.25, 0.3) is 0 Å². The van der Waals surface area contributed by atoms with Crippen LogP contribution in [-0.2, 0) is 11.3 Å². The largest absolute Gasteiger partial charge is 0.346 e. The molecule has 0 atom stereocenters. The van der Waals surface area contributed by atoms with Crippen LogP contribution >= 0.6 is 24.8 Å². The molecule has 23 heavy (non-hydrogen) atoms. The zero-order valence-electron chi connectivity index (χ0n) is 13.4. The number of hydrogen-bond donors (Lipinski definition) is 2. The highest BCUT2D eigenvalue weighted by molar-refractivity contribution is 6.01. The summed E-state index contributed by atoms with van der Waals surface area (Å²) in [6.45, 7) is 1.90. The van der Waals surface area contributed by atoms with Crippen LogP contribution in [0.2, 0.25) is 0 Å². The SMILES string of the molecule is CN(C)CCn1ccc2ccc(NC(=O)C3(N)CC3)cc21.Cl.Cl. The highest BCUT2D eigenvalue weighted by Gasteiger charge is 2.45. The number of benzene rings is 1. The van der Waals surface area contributed by atoms with E-state index >= 15 is 0 Å². The lowest BCUT2D eigenvalue weighted by Gasteiger charge is -2.13. The van der Waals surface area contributed by atoms with Gasteiger partial charge in [0.2, 0.25) is 5.91 Å². The molecular formula is C16H24Cl2N4O. The van der Waals surface area contributed by atoms with Gasteiger partial charge in [0, 0.05) is 25.0 Å². The van der Waals surface area contributed by atoms with E-state index in [1.54, 1.807) is 0 Å². The van der Waals surface area contributed by atoms with Crippen LogP contribution in [0.25, 0.3) is 10.9 Å². The first-order valence-corrected chi connectivity index (χ1v) is 7.32. The van der Waals surface area contributed by atoms with E-state index in [1.165, 1.54) is 5.39 Å². The molecule has 0 saturated heterocycles. The quantitative estimate of drug-likeness (QED) is 0.862. The Morgan fingerprint density at radius 1 is 1.30 bits per heavy atom. The van der Waals surface area contributed by atoms with E-state index in [9.17, 15) is 4.79 Å². The number of rotatable bonds is 5. The fourth-order valence-corrected chi connectivity index (χ4v) is 2.38. The zero-order chi connectivity index (χ0) is 15.0. The Bertz CT molecular complexity index is 680. The van der Waals surface area contributed by atoms with Crippen LogP contribution in [-0.4, -0.2) is 41.6 Å². The number of carbonyl (C=O) groups is 1. The molecule has 1 amide bonds. The minimum atomic E-state index is -0.637. The van der Waals surface area contributed by atoms with Crippen molar-refractivity contribution in [2.75, 3.05) is 26.0 Å². The number of amides is 1. The van der Waals surface area contributed by atoms with Gasteiger partial charge < -0.3 is 20.5 Å². The Hall–Kier alpha value is -1.27. The molecule has 0 radical (unpaired) electrons. The van der Waals surface area contributed by atoms with E-state index in [2.05, 4.69) is 41.1 Å². The van der Waals surface area contributed by atoms with E-state index in [4.69, 9.17) is 5.73 Å². The number of hydrogen-bond acceptors (Lipinski definition) is 3. The van der Waals surface area contributed by atoms with Crippen LogP contribution < -0.4 is 11.1 Å². The molecule has 3 rings (SSSR count). The molecular weight excluding hydrogens is 335 g/mol. The molecule has 0 bridgehead atoms. The number of likely N-dealkylation sites (N-methyl/N-ethyl adjacent to an activating group) is 1. The Balaban J connectivity index is 0.00000132. The third-order valence-corrected chi connectivity index (χ3v) is 4.06. The highest BCUT2D eigenvalue weighted by atomic mass is 35.5. The topological polar surface area (TPSA) is 63.3 Å². The van der Waals surface area contributed by atoms with Gasteiger partial charge in [0.15, 0.2) is 0 Å². The van der Waals surface area contributed by atoms with Crippen molar-refractivity contribution in [3.63, 3.8) is 0 Å². The van der Waals surface area contributed by atoms with Gasteiger partial charge in [-0.05, 0) is 50.5 Å². The molecule has 1 saturated carbocycles. The van der Waals surface area contributed by atoms with E-state index < -0.39 is 5.54 Å². The van der Waals surface area contributed by atoms with Gasteiger partial charge in [0.1, 0.15) is 0 Å². The highest BCUT2D eigenvalue weighted by Crippen LogP contribution is 2.33. The Labute approximate surface area is 149 Å². The molecule has 128 valence electrons. The number of anilines is 1. The predicted octanol–water partition coefficient (Wildman–Crippen LogP) is 2.48. The number of nitrogens with zero attached hydrogens (tertiary/aromatic N) is 2. The number of nitrogens with two attached hydrogens (primary N) is 1. The summed E-state index contributed by atoms with van der Waals surface area (Å²) in [5.41, 5.74) is 7.23. The molecule has 0 unspecified atom stereocenters. The maximum absolute atomic E-state index is 12.0. The average Bonchev–Trinajstić information content (AvgIpc) is 3.07. The van der Waals surface area contributed by atoms with Gasteiger partial charge in [-0.15, -0.1) is 24.8 Å². The van der Waals surface area contributed by atoms with Crippen LogP contribution in [0, 0.1) is 0 Å². The summed E-state index contributed by atoms with van der Waals surface area (Å²) in [6, 6.07) is 8.09.